The van der Waals surface area contributed by atoms with E-state index in [4.69, 9.17) is 26.3 Å². The van der Waals surface area contributed by atoms with Crippen molar-refractivity contribution in [3.8, 4) is 11.8 Å². The number of fused-ring (bicyclic) bond motifs is 1. The van der Waals surface area contributed by atoms with Crippen LogP contribution in [0.3, 0.4) is 0 Å². The topological polar surface area (TPSA) is 93.7 Å². The van der Waals surface area contributed by atoms with Gasteiger partial charge in [0.25, 0.3) is 5.56 Å². The molecule has 3 aromatic rings. The third-order valence-electron chi connectivity index (χ3n) is 5.18. The van der Waals surface area contributed by atoms with Crippen LogP contribution in [0.15, 0.2) is 69.6 Å². The fourth-order valence-electron chi connectivity index (χ4n) is 3.68. The molecule has 0 radical (unpaired) electrons. The van der Waals surface area contributed by atoms with E-state index in [1.807, 2.05) is 6.07 Å². The number of benzene rings is 2. The average Bonchev–Trinajstić information content (AvgIpc) is 3.12. The number of rotatable bonds is 6. The number of esters is 1. The first-order chi connectivity index (χ1) is 16.4. The van der Waals surface area contributed by atoms with Gasteiger partial charge in [-0.25, -0.2) is 9.79 Å². The van der Waals surface area contributed by atoms with Crippen LogP contribution in [0, 0.1) is 11.3 Å². The van der Waals surface area contributed by atoms with E-state index in [2.05, 4.69) is 4.99 Å². The Bertz CT molecular complexity index is 1480. The summed E-state index contributed by atoms with van der Waals surface area (Å²) in [6, 6.07) is 15.3. The van der Waals surface area contributed by atoms with E-state index in [0.717, 1.165) is 11.1 Å². The standard InChI is InChI=1S/C25H20ClN3O4S/c1-3-32-24(31)21-15(2)28-25-29(22(21)17-6-8-18(26)9-7-17)23(30)20(34-25)14-16-4-10-19(11-5-16)33-13-12-27/h4-11,14,22H,3,13H2,1-2H3/b20-14-/t22-/m1/s1. The molecule has 34 heavy (non-hydrogen) atoms. The predicted octanol–water partition coefficient (Wildman–Crippen LogP) is 3.35. The lowest BCUT2D eigenvalue weighted by molar-refractivity contribution is -0.139. The van der Waals surface area contributed by atoms with Gasteiger partial charge in [0.2, 0.25) is 0 Å². The second-order valence-corrected chi connectivity index (χ2v) is 8.82. The predicted molar refractivity (Wildman–Crippen MR) is 129 cm³/mol. The second kappa shape index (κ2) is 10.1. The van der Waals surface area contributed by atoms with E-state index in [1.165, 1.54) is 15.9 Å². The van der Waals surface area contributed by atoms with Gasteiger partial charge in [-0.15, -0.1) is 0 Å². The van der Waals surface area contributed by atoms with E-state index >= 15 is 0 Å². The van der Waals surface area contributed by atoms with Crippen LogP contribution in [-0.2, 0) is 9.53 Å². The van der Waals surface area contributed by atoms with Crippen molar-refractivity contribution < 1.29 is 14.3 Å². The van der Waals surface area contributed by atoms with Crippen molar-refractivity contribution in [2.75, 3.05) is 13.2 Å². The highest BCUT2D eigenvalue weighted by Gasteiger charge is 2.33. The van der Waals surface area contributed by atoms with Gasteiger partial charge in [-0.1, -0.05) is 47.2 Å². The Labute approximate surface area is 204 Å². The van der Waals surface area contributed by atoms with E-state index in [9.17, 15) is 9.59 Å². The van der Waals surface area contributed by atoms with Crippen molar-refractivity contribution in [3.05, 3.63) is 95.6 Å². The van der Waals surface area contributed by atoms with Crippen LogP contribution < -0.4 is 19.6 Å². The molecule has 0 bridgehead atoms. The van der Waals surface area contributed by atoms with E-state index in [0.29, 0.717) is 31.4 Å². The maximum atomic E-state index is 13.5. The van der Waals surface area contributed by atoms with Crippen LogP contribution in [0.4, 0.5) is 0 Å². The minimum atomic E-state index is -0.684. The summed E-state index contributed by atoms with van der Waals surface area (Å²) in [5.41, 5.74) is 2.09. The molecule has 0 saturated heterocycles. The molecule has 0 spiro atoms. The maximum Gasteiger partial charge on any atom is 0.338 e. The smallest absolute Gasteiger partial charge is 0.338 e. The number of allylic oxidation sites excluding steroid dienone is 1. The van der Waals surface area contributed by atoms with Crippen molar-refractivity contribution in [1.29, 1.82) is 5.26 Å². The lowest BCUT2D eigenvalue weighted by atomic mass is 9.96. The second-order valence-electron chi connectivity index (χ2n) is 7.37. The third kappa shape index (κ3) is 4.67. The lowest BCUT2D eigenvalue weighted by Crippen LogP contribution is -2.39. The van der Waals surface area contributed by atoms with Gasteiger partial charge in [-0.2, -0.15) is 5.26 Å². The van der Waals surface area contributed by atoms with Gasteiger partial charge in [-0.05, 0) is 55.3 Å². The average molecular weight is 494 g/mol. The van der Waals surface area contributed by atoms with Crippen LogP contribution in [0.25, 0.3) is 6.08 Å². The molecular formula is C25H20ClN3O4S. The molecule has 0 saturated carbocycles. The van der Waals surface area contributed by atoms with Crippen molar-refractivity contribution in [3.63, 3.8) is 0 Å². The summed E-state index contributed by atoms with van der Waals surface area (Å²) < 4.78 is 12.6. The Hall–Kier alpha value is -3.67. The first-order valence-corrected chi connectivity index (χ1v) is 11.7. The zero-order chi connectivity index (χ0) is 24.2. The van der Waals surface area contributed by atoms with Gasteiger partial charge in [0.1, 0.15) is 11.8 Å². The summed E-state index contributed by atoms with van der Waals surface area (Å²) in [5, 5.41) is 9.19. The number of hydrogen-bond donors (Lipinski definition) is 0. The summed E-state index contributed by atoms with van der Waals surface area (Å²) in [6.45, 7) is 3.65. The number of hydrogen-bond acceptors (Lipinski definition) is 7. The van der Waals surface area contributed by atoms with Crippen LogP contribution in [0.1, 0.15) is 31.0 Å². The quantitative estimate of drug-likeness (QED) is 0.491. The van der Waals surface area contributed by atoms with Crippen LogP contribution in [-0.4, -0.2) is 23.8 Å². The van der Waals surface area contributed by atoms with E-state index < -0.39 is 12.0 Å². The molecule has 7 nitrogen and oxygen atoms in total. The number of carbonyl (C=O) groups excluding carboxylic acids is 1. The van der Waals surface area contributed by atoms with E-state index in [-0.39, 0.29) is 18.8 Å². The van der Waals surface area contributed by atoms with Gasteiger partial charge < -0.3 is 9.47 Å². The van der Waals surface area contributed by atoms with Gasteiger partial charge in [0.15, 0.2) is 11.4 Å². The number of halogens is 1. The Morgan fingerprint density at radius 3 is 2.59 bits per heavy atom. The Balaban J connectivity index is 1.84. The SMILES string of the molecule is CCOC(=O)C1=C(C)N=c2s/c(=C\c3ccc(OCC#N)cc3)c(=O)n2[C@@H]1c1ccc(Cl)cc1. The van der Waals surface area contributed by atoms with Crippen LogP contribution in [0.2, 0.25) is 5.02 Å². The van der Waals surface area contributed by atoms with E-state index in [1.54, 1.807) is 68.5 Å². The maximum absolute atomic E-state index is 13.5. The first-order valence-electron chi connectivity index (χ1n) is 10.5. The van der Waals surface area contributed by atoms with Crippen LogP contribution in [0.5, 0.6) is 5.75 Å². The van der Waals surface area contributed by atoms with Crippen molar-refractivity contribution in [1.82, 2.24) is 4.57 Å². The molecule has 0 N–H and O–H groups in total. The number of aromatic nitrogens is 1. The minimum Gasteiger partial charge on any atom is -0.479 e. The normalized spacial score (nSPS) is 15.4. The third-order valence-corrected chi connectivity index (χ3v) is 6.42. The molecule has 0 amide bonds. The molecule has 1 aliphatic rings. The van der Waals surface area contributed by atoms with Crippen molar-refractivity contribution >= 4 is 35.0 Å². The summed E-state index contributed by atoms with van der Waals surface area (Å²) in [5.74, 6) is 0.0588. The highest BCUT2D eigenvalue weighted by Crippen LogP contribution is 2.31. The van der Waals surface area contributed by atoms with Gasteiger partial charge >= 0.3 is 5.97 Å². The molecule has 0 fully saturated rings. The first kappa shape index (κ1) is 23.5. The highest BCUT2D eigenvalue weighted by molar-refractivity contribution is 7.07. The summed E-state index contributed by atoms with van der Waals surface area (Å²) in [6.07, 6.45) is 1.76. The fraction of sp³-hybridized carbons (Fsp3) is 0.200. The molecule has 1 aliphatic heterocycles. The minimum absolute atomic E-state index is 0.0369. The molecule has 1 aromatic heterocycles. The van der Waals surface area contributed by atoms with Crippen molar-refractivity contribution in [2.45, 2.75) is 19.9 Å². The molecule has 1 atom stereocenters. The monoisotopic (exact) mass is 493 g/mol. The Kier molecular flexibility index (Phi) is 6.96. The number of nitriles is 1. The molecule has 172 valence electrons. The molecule has 9 heteroatoms. The van der Waals surface area contributed by atoms with Crippen molar-refractivity contribution in [2.24, 2.45) is 4.99 Å². The summed E-state index contributed by atoms with van der Waals surface area (Å²) in [7, 11) is 0. The Morgan fingerprint density at radius 2 is 1.94 bits per heavy atom. The molecule has 4 rings (SSSR count). The number of carbonyl (C=O) groups is 1. The Morgan fingerprint density at radius 1 is 1.24 bits per heavy atom. The highest BCUT2D eigenvalue weighted by atomic mass is 35.5. The molecule has 2 aromatic carbocycles. The molecule has 0 aliphatic carbocycles. The van der Waals surface area contributed by atoms with Crippen LogP contribution >= 0.6 is 22.9 Å². The summed E-state index contributed by atoms with van der Waals surface area (Å²) in [4.78, 5) is 31.5. The van der Waals surface area contributed by atoms with Gasteiger partial charge in [0, 0.05) is 5.02 Å². The molecular weight excluding hydrogens is 474 g/mol. The van der Waals surface area contributed by atoms with Gasteiger partial charge in [0.05, 0.1) is 28.5 Å². The fourth-order valence-corrected chi connectivity index (χ4v) is 4.85. The lowest BCUT2D eigenvalue weighted by Gasteiger charge is -2.24. The van der Waals surface area contributed by atoms with Gasteiger partial charge in [-0.3, -0.25) is 9.36 Å². The molecule has 0 unspecified atom stereocenters. The largest absolute Gasteiger partial charge is 0.479 e. The summed E-state index contributed by atoms with van der Waals surface area (Å²) >= 11 is 7.32. The molecule has 2 heterocycles. The number of ether oxygens (including phenoxy) is 2. The zero-order valence-corrected chi connectivity index (χ0v) is 20.0. The number of nitrogens with zero attached hydrogens (tertiary/aromatic N) is 3. The number of thiazole rings is 1. The zero-order valence-electron chi connectivity index (χ0n) is 18.4.